The molecule has 3 aliphatic rings. The number of nitrogens with zero attached hydrogens (tertiary/aromatic N) is 3. The molecule has 8 aromatic carbocycles. The average Bonchev–Trinajstić information content (AvgIpc) is 1.64. The summed E-state index contributed by atoms with van der Waals surface area (Å²) < 4.78 is 26.2. The highest BCUT2D eigenvalue weighted by Crippen LogP contribution is 2.40. The van der Waals surface area contributed by atoms with Gasteiger partial charge in [-0.25, -0.2) is 9.80 Å². The van der Waals surface area contributed by atoms with Gasteiger partial charge in [-0.1, -0.05) is 164 Å². The number of carbonyl (C=O) groups is 11. The van der Waals surface area contributed by atoms with Crippen molar-refractivity contribution >= 4 is 216 Å². The third kappa shape index (κ3) is 45.6. The number of alkyl halides is 1. The third-order valence-electron chi connectivity index (χ3n) is 17.9. The lowest BCUT2D eigenvalue weighted by Gasteiger charge is -2.28. The van der Waals surface area contributed by atoms with Gasteiger partial charge in [0.15, 0.2) is 5.78 Å². The van der Waals surface area contributed by atoms with Gasteiger partial charge in [-0.05, 0) is 337 Å². The maximum atomic E-state index is 12.5. The number of fused-ring (bicyclic) bond motifs is 3. The van der Waals surface area contributed by atoms with Crippen LogP contribution in [0.3, 0.4) is 0 Å². The first-order valence-electron chi connectivity index (χ1n) is 42.4. The van der Waals surface area contributed by atoms with Gasteiger partial charge in [0.25, 0.3) is 35.4 Å². The van der Waals surface area contributed by atoms with Crippen molar-refractivity contribution in [1.82, 2.24) is 14.7 Å². The summed E-state index contributed by atoms with van der Waals surface area (Å²) in [5, 5.41) is 0. The molecule has 3 aliphatic heterocycles. The second-order valence-corrected chi connectivity index (χ2v) is 48.8. The van der Waals surface area contributed by atoms with E-state index < -0.39 is 45.7 Å². The molecule has 0 aliphatic carbocycles. The molecule has 8 aromatic rings. The largest absolute Gasteiger partial charge is 0.459 e. The number of Topliss-reactive ketones (excluding diaryl/α,β-unsaturated/α-hetero) is 1. The Hall–Kier alpha value is -7.22. The number of amides is 6. The van der Waals surface area contributed by atoms with E-state index in [-0.39, 0.29) is 114 Å². The molecule has 6 amide bonds. The van der Waals surface area contributed by atoms with Crippen molar-refractivity contribution in [2.45, 2.75) is 299 Å². The van der Waals surface area contributed by atoms with Crippen molar-refractivity contribution in [2.24, 2.45) is 5.73 Å². The molecule has 138 heavy (non-hydrogen) atoms. The summed E-state index contributed by atoms with van der Waals surface area (Å²) in [5.74, 6) is -2.54. The number of hydrogen-bond donors (Lipinski definition) is 2. The van der Waals surface area contributed by atoms with Crippen LogP contribution in [0.25, 0.3) is 6.08 Å². The number of halogens is 5. The standard InChI is InChI=1S/C24H27NO4S.C24H25NO4S.C16H25NO2S.C14H19BrO2S.C10H7NO2.C9H17BrO2.C6H5BrS.5CH4.I2/c2*1-23(2,3)29-22(28)24(4,5)30-17-12-10-16(11-13-17)14-15-25-20(26)18-8-6-7-9-19(18)21(25)27;1-15(2,3)19-14(18)16(4,5)20-13-8-6-12(7-9-13)10-11-17;1-13(2,3)17-12(16)14(4,5)18-11-8-6-10(15)7-9-11;1-2-11-9(12)7-5-3-4-6-8(7)10(11)13;1-8(2,3)12-6-7(11)9(4,5)10;7-5-1-3-6(8)4-2-5;;;;;;1-2/h6-13H,14-15H2,1-5H3;6-15H,1-5H3;6-9H,10-11,17H2,1-5H3;6-9H,1-5H3;2-6H,1H2;6H2,1-5H3;1-4,8H;5*1H4;/b;15-14+;;;;;;;;;;;. The Morgan fingerprint density at radius 2 is 0.630 bits per heavy atom. The number of carbonyl (C=O) groups excluding carboxylic acids is 11. The highest BCUT2D eigenvalue weighted by Gasteiger charge is 2.41. The molecule has 0 fully saturated rings. The first-order chi connectivity index (χ1) is 61.4. The fraction of sp³-hybridized carbons (Fsp3) is 0.417. The molecule has 0 radical (unpaired) electrons. The number of rotatable bonds is 23. The summed E-state index contributed by atoms with van der Waals surface area (Å²) in [7, 11) is 0. The molecule has 11 rings (SSSR count). The molecule has 0 saturated carbocycles. The Bertz CT molecular complexity index is 5240. The predicted octanol–water partition coefficient (Wildman–Crippen LogP) is 29.6. The van der Waals surface area contributed by atoms with E-state index in [0.717, 1.165) is 60.8 Å². The van der Waals surface area contributed by atoms with Crippen molar-refractivity contribution in [3.05, 3.63) is 272 Å². The van der Waals surface area contributed by atoms with Crippen LogP contribution in [0.4, 0.5) is 0 Å². The smallest absolute Gasteiger partial charge is 0.322 e. The maximum Gasteiger partial charge on any atom is 0.322 e. The number of thiol groups is 1. The molecule has 30 heteroatoms. The van der Waals surface area contributed by atoms with Crippen molar-refractivity contribution < 1.29 is 76.4 Å². The normalized spacial score (nSPS) is 12.7. The highest BCUT2D eigenvalue weighted by atomic mass is 128. The van der Waals surface area contributed by atoms with Crippen molar-refractivity contribution in [3.8, 4) is 0 Å². The maximum absolute atomic E-state index is 12.5. The van der Waals surface area contributed by atoms with Crippen molar-refractivity contribution in [1.29, 1.82) is 0 Å². The molecule has 0 aromatic heterocycles. The van der Waals surface area contributed by atoms with Gasteiger partial charge in [0.1, 0.15) is 48.0 Å². The molecule has 0 atom stereocenters. The Morgan fingerprint density at radius 1 is 0.377 bits per heavy atom. The molecular formula is C108H145Br3I2N4O16S5. The van der Waals surface area contributed by atoms with E-state index in [2.05, 4.69) is 116 Å². The zero-order valence-corrected chi connectivity index (χ0v) is 93.6. The van der Waals surface area contributed by atoms with Crippen LogP contribution in [-0.2, 0) is 60.5 Å². The Labute approximate surface area is 894 Å². The Morgan fingerprint density at radius 3 is 0.884 bits per heavy atom. The van der Waals surface area contributed by atoms with Crippen LogP contribution in [0.15, 0.2) is 247 Å². The minimum Gasteiger partial charge on any atom is -0.459 e. The number of imide groups is 3. The van der Waals surface area contributed by atoms with E-state index in [1.807, 2.05) is 282 Å². The summed E-state index contributed by atoms with van der Waals surface area (Å²) in [6, 6.07) is 59.7. The minimum atomic E-state index is -0.731. The second-order valence-electron chi connectivity index (χ2n) is 37.7. The van der Waals surface area contributed by atoms with E-state index >= 15 is 0 Å². The molecule has 3 heterocycles. The van der Waals surface area contributed by atoms with E-state index in [4.69, 9.17) is 29.4 Å². The van der Waals surface area contributed by atoms with Gasteiger partial charge < -0.3 is 29.4 Å². The molecule has 758 valence electrons. The van der Waals surface area contributed by atoms with E-state index in [1.54, 1.807) is 78.9 Å². The lowest BCUT2D eigenvalue weighted by Crippen LogP contribution is -2.36. The van der Waals surface area contributed by atoms with Crippen LogP contribution in [0.1, 0.15) is 289 Å². The SMILES string of the molecule is C.C.C.C.C.C=CN1C(=O)c2ccccc2C1=O.CC(C)(C)OC(=O)C(C)(C)Sc1ccc(/C=C/N2C(=O)c3ccccc3C2=O)cc1.CC(C)(C)OC(=O)C(C)(C)Sc1ccc(Br)cc1.CC(C)(C)OC(=O)C(C)(C)Sc1ccc(CCN)cc1.CC(C)(C)OC(=O)C(C)(C)Sc1ccc(CCN2C(=O)c3ccccc3C2=O)cc1.CC(C)(C)OCC(=O)C(C)(C)Br.II.Sc1ccc(Br)cc1. The Kier molecular flexibility index (Phi) is 56.3. The number of thioether (sulfide) groups is 4. The monoisotopic (exact) mass is 2400 g/mol. The fourth-order valence-corrected chi connectivity index (χ4v) is 15.9. The van der Waals surface area contributed by atoms with Crippen molar-refractivity contribution in [3.63, 3.8) is 0 Å². The lowest BCUT2D eigenvalue weighted by atomic mass is 10.1. The summed E-state index contributed by atoms with van der Waals surface area (Å²) in [5.41, 5.74) is 9.08. The van der Waals surface area contributed by atoms with Gasteiger partial charge >= 0.3 is 23.9 Å². The summed E-state index contributed by atoms with van der Waals surface area (Å²) in [4.78, 5) is 142. The first kappa shape index (κ1) is 133. The molecule has 0 bridgehead atoms. The van der Waals surface area contributed by atoms with Crippen LogP contribution >= 0.6 is 145 Å². The van der Waals surface area contributed by atoms with Gasteiger partial charge in [0, 0.05) is 89.6 Å². The van der Waals surface area contributed by atoms with Crippen LogP contribution in [0, 0.1) is 0 Å². The number of hydrogen-bond acceptors (Lipinski definition) is 22. The molecule has 2 N–H and O–H groups in total. The van der Waals surface area contributed by atoms with E-state index in [9.17, 15) is 52.7 Å². The molecule has 0 spiro atoms. The number of nitrogens with two attached hydrogens (primary N) is 1. The lowest BCUT2D eigenvalue weighted by molar-refractivity contribution is -0.157. The third-order valence-corrected chi connectivity index (χ3v) is 24.4. The molecule has 20 nitrogen and oxygen atoms in total. The topological polar surface area (TPSA) is 270 Å². The van der Waals surface area contributed by atoms with E-state index in [0.29, 0.717) is 52.9 Å². The van der Waals surface area contributed by atoms with Crippen molar-refractivity contribution in [2.75, 3.05) is 19.7 Å². The fourth-order valence-electron chi connectivity index (χ4n) is 11.2. The van der Waals surface area contributed by atoms with Gasteiger partial charge in [0.05, 0.1) is 43.3 Å². The number of esters is 4. The Balaban J connectivity index is 0. The number of ether oxygens (including phenoxy) is 5. The zero-order valence-electron chi connectivity index (χ0n) is 80.4. The van der Waals surface area contributed by atoms with E-state index in [1.165, 1.54) is 69.9 Å². The summed E-state index contributed by atoms with van der Waals surface area (Å²) >= 11 is 24.2. The van der Waals surface area contributed by atoms with Gasteiger partial charge in [-0.3, -0.25) is 57.6 Å². The van der Waals surface area contributed by atoms with Gasteiger partial charge in [-0.15, -0.1) is 59.7 Å². The van der Waals surface area contributed by atoms with Crippen LogP contribution in [0.5, 0.6) is 0 Å². The molecule has 0 unspecified atom stereocenters. The van der Waals surface area contributed by atoms with Gasteiger partial charge in [0.2, 0.25) is 0 Å². The second kappa shape index (κ2) is 58.5. The summed E-state index contributed by atoms with van der Waals surface area (Å²) in [6.07, 6.45) is 5.91. The predicted molar refractivity (Wildman–Crippen MR) is 605 cm³/mol. The molecule has 0 saturated heterocycles. The molecular weight excluding hydrogens is 2260 g/mol. The first-order valence-corrected chi connectivity index (χ1v) is 54.8. The van der Waals surface area contributed by atoms with Crippen LogP contribution < -0.4 is 5.73 Å². The minimum absolute atomic E-state index is 0. The number of ketones is 1. The van der Waals surface area contributed by atoms with Gasteiger partial charge in [-0.2, -0.15) is 0 Å². The van der Waals surface area contributed by atoms with Crippen LogP contribution in [-0.4, -0.2) is 151 Å². The number of benzene rings is 8. The van der Waals surface area contributed by atoms with Crippen LogP contribution in [0.2, 0.25) is 0 Å². The highest BCUT2D eigenvalue weighted by molar-refractivity contribution is 15.0. The quantitative estimate of drug-likeness (QED) is 0.0115. The average molecular weight is 2410 g/mol. The zero-order chi connectivity index (χ0) is 101. The summed E-state index contributed by atoms with van der Waals surface area (Å²) in [6.45, 7) is 51.3.